The van der Waals surface area contributed by atoms with E-state index in [1.54, 1.807) is 0 Å². The fourth-order valence-corrected chi connectivity index (χ4v) is 0.838. The predicted octanol–water partition coefficient (Wildman–Crippen LogP) is -1.77. The zero-order valence-electron chi connectivity index (χ0n) is 5.18. The van der Waals surface area contributed by atoms with Crippen LogP contribution in [0, 0.1) is 0 Å². The Kier molecular flexibility index (Phi) is 1.71. The Bertz CT molecular complexity index is 352. The van der Waals surface area contributed by atoms with Crippen molar-refractivity contribution in [3.8, 4) is 0 Å². The van der Waals surface area contributed by atoms with Gasteiger partial charge in [-0.05, 0) is 0 Å². The molecule has 0 unspecified atom stereocenters. The SMILES string of the molecule is NS(=O)(=O)C(=O)c1c[nH]nn1. The van der Waals surface area contributed by atoms with Gasteiger partial charge in [0.15, 0.2) is 5.69 Å². The van der Waals surface area contributed by atoms with Gasteiger partial charge < -0.3 is 0 Å². The molecule has 7 nitrogen and oxygen atoms in total. The highest BCUT2D eigenvalue weighted by molar-refractivity contribution is 8.04. The number of carbonyl (C=O) groups excluding carboxylic acids is 1. The molecular formula is C3H4N4O3S. The van der Waals surface area contributed by atoms with Crippen molar-refractivity contribution in [2.75, 3.05) is 0 Å². The molecule has 0 saturated carbocycles. The molecule has 0 bridgehead atoms. The van der Waals surface area contributed by atoms with Crippen LogP contribution in [-0.4, -0.2) is 28.9 Å². The van der Waals surface area contributed by atoms with Crippen LogP contribution in [0.3, 0.4) is 0 Å². The van der Waals surface area contributed by atoms with Crippen LogP contribution in [0.5, 0.6) is 0 Å². The number of hydrogen-bond donors (Lipinski definition) is 2. The molecule has 0 radical (unpaired) electrons. The number of nitrogens with two attached hydrogens (primary N) is 1. The van der Waals surface area contributed by atoms with E-state index in [0.29, 0.717) is 0 Å². The van der Waals surface area contributed by atoms with Crippen LogP contribution < -0.4 is 5.14 Å². The van der Waals surface area contributed by atoms with E-state index in [4.69, 9.17) is 0 Å². The van der Waals surface area contributed by atoms with Gasteiger partial charge in [0.05, 0.1) is 6.20 Å². The summed E-state index contributed by atoms with van der Waals surface area (Å²) in [6, 6.07) is 0. The molecule has 0 aliphatic carbocycles. The first-order valence-electron chi connectivity index (χ1n) is 2.45. The van der Waals surface area contributed by atoms with E-state index in [9.17, 15) is 13.2 Å². The van der Waals surface area contributed by atoms with Gasteiger partial charge in [0.1, 0.15) is 0 Å². The minimum Gasteiger partial charge on any atom is -0.273 e. The molecule has 0 fully saturated rings. The minimum atomic E-state index is -4.19. The average Bonchev–Trinajstić information content (AvgIpc) is 2.34. The summed E-state index contributed by atoms with van der Waals surface area (Å²) in [6.07, 6.45) is 1.05. The molecule has 1 aromatic heterocycles. The van der Waals surface area contributed by atoms with Gasteiger partial charge in [0, 0.05) is 0 Å². The molecule has 0 aromatic carbocycles. The third kappa shape index (κ3) is 1.59. The van der Waals surface area contributed by atoms with E-state index in [1.165, 1.54) is 0 Å². The summed E-state index contributed by atoms with van der Waals surface area (Å²) >= 11 is 0. The van der Waals surface area contributed by atoms with Crippen molar-refractivity contribution >= 4 is 15.1 Å². The van der Waals surface area contributed by atoms with E-state index in [2.05, 4.69) is 20.5 Å². The van der Waals surface area contributed by atoms with Crippen molar-refractivity contribution in [3.05, 3.63) is 11.9 Å². The monoisotopic (exact) mass is 176 g/mol. The van der Waals surface area contributed by atoms with Crippen molar-refractivity contribution in [3.63, 3.8) is 0 Å². The smallest absolute Gasteiger partial charge is 0.273 e. The first kappa shape index (κ1) is 7.82. The van der Waals surface area contributed by atoms with Crippen molar-refractivity contribution < 1.29 is 13.2 Å². The van der Waals surface area contributed by atoms with E-state index >= 15 is 0 Å². The number of aromatic amines is 1. The van der Waals surface area contributed by atoms with Crippen molar-refractivity contribution in [2.24, 2.45) is 5.14 Å². The quantitative estimate of drug-likeness (QED) is 0.525. The Labute approximate surface area is 61.6 Å². The third-order valence-electron chi connectivity index (χ3n) is 0.884. The summed E-state index contributed by atoms with van der Waals surface area (Å²) in [5.41, 5.74) is -0.312. The number of hydrogen-bond acceptors (Lipinski definition) is 5. The van der Waals surface area contributed by atoms with E-state index in [-0.39, 0.29) is 5.69 Å². The van der Waals surface area contributed by atoms with Gasteiger partial charge in [-0.3, -0.25) is 9.89 Å². The summed E-state index contributed by atoms with van der Waals surface area (Å²) in [6.45, 7) is 0. The van der Waals surface area contributed by atoms with E-state index in [1.807, 2.05) is 0 Å². The molecule has 8 heteroatoms. The van der Waals surface area contributed by atoms with Gasteiger partial charge in [-0.25, -0.2) is 13.6 Å². The fourth-order valence-electron chi connectivity index (χ4n) is 0.447. The molecule has 0 aliphatic rings. The highest BCUT2D eigenvalue weighted by Crippen LogP contribution is 1.94. The molecule has 0 spiro atoms. The van der Waals surface area contributed by atoms with Crippen LogP contribution in [0.4, 0.5) is 0 Å². The summed E-state index contributed by atoms with van der Waals surface area (Å²) in [5, 5.41) is 11.8. The average molecular weight is 176 g/mol. The second-order valence-corrected chi connectivity index (χ2v) is 3.15. The maximum Gasteiger partial charge on any atom is 0.313 e. The maximum absolute atomic E-state index is 10.7. The van der Waals surface area contributed by atoms with Gasteiger partial charge in [-0.1, -0.05) is 5.21 Å². The molecule has 60 valence electrons. The molecule has 11 heavy (non-hydrogen) atoms. The van der Waals surface area contributed by atoms with E-state index in [0.717, 1.165) is 6.20 Å². The molecule has 3 N–H and O–H groups in total. The zero-order valence-corrected chi connectivity index (χ0v) is 6.00. The van der Waals surface area contributed by atoms with Gasteiger partial charge in [0.25, 0.3) is 10.0 Å². The van der Waals surface area contributed by atoms with Crippen molar-refractivity contribution in [1.82, 2.24) is 15.4 Å². The molecule has 1 heterocycles. The summed E-state index contributed by atoms with van der Waals surface area (Å²) in [5.74, 6) is 0. The number of nitrogens with zero attached hydrogens (tertiary/aromatic N) is 2. The van der Waals surface area contributed by atoms with Gasteiger partial charge in [-0.15, -0.1) is 5.10 Å². The Morgan fingerprint density at radius 3 is 2.64 bits per heavy atom. The maximum atomic E-state index is 10.7. The Morgan fingerprint density at radius 1 is 1.64 bits per heavy atom. The molecule has 1 rings (SSSR count). The zero-order chi connectivity index (χ0) is 8.48. The summed E-state index contributed by atoms with van der Waals surface area (Å²) < 4.78 is 20.8. The van der Waals surface area contributed by atoms with Crippen LogP contribution in [0.25, 0.3) is 0 Å². The lowest BCUT2D eigenvalue weighted by Gasteiger charge is -1.88. The summed E-state index contributed by atoms with van der Waals surface area (Å²) in [4.78, 5) is 10.7. The van der Waals surface area contributed by atoms with E-state index < -0.39 is 15.1 Å². The number of nitrogens with one attached hydrogen (secondary N) is 1. The van der Waals surface area contributed by atoms with Crippen molar-refractivity contribution in [1.29, 1.82) is 0 Å². The standard InChI is InChI=1S/C3H4N4O3S/c4-11(9,10)3(8)2-1-5-7-6-2/h1H,(H2,4,9,10)(H,5,6,7). The van der Waals surface area contributed by atoms with Gasteiger partial charge in [0.2, 0.25) is 0 Å². The second kappa shape index (κ2) is 2.40. The molecule has 0 atom stereocenters. The highest BCUT2D eigenvalue weighted by Gasteiger charge is 2.21. The van der Waals surface area contributed by atoms with Gasteiger partial charge in [-0.2, -0.15) is 0 Å². The number of H-pyrrole nitrogens is 1. The van der Waals surface area contributed by atoms with Crippen LogP contribution in [0.15, 0.2) is 6.20 Å². The first-order valence-corrected chi connectivity index (χ1v) is 4.00. The van der Waals surface area contributed by atoms with Crippen LogP contribution >= 0.6 is 0 Å². The van der Waals surface area contributed by atoms with Crippen LogP contribution in [0.1, 0.15) is 10.5 Å². The molecule has 0 aliphatic heterocycles. The lowest BCUT2D eigenvalue weighted by Crippen LogP contribution is -2.23. The normalized spacial score (nSPS) is 11.4. The lowest BCUT2D eigenvalue weighted by molar-refractivity contribution is 0.107. The Hall–Kier alpha value is -1.28. The number of sulfonamides is 1. The molecule has 0 amide bonds. The lowest BCUT2D eigenvalue weighted by atomic mass is 10.5. The topological polar surface area (TPSA) is 119 Å². The number of aromatic nitrogens is 3. The third-order valence-corrected chi connectivity index (χ3v) is 1.61. The molecule has 1 aromatic rings. The van der Waals surface area contributed by atoms with Gasteiger partial charge >= 0.3 is 5.12 Å². The largest absolute Gasteiger partial charge is 0.313 e. The molecule has 0 saturated heterocycles. The molecular weight excluding hydrogens is 172 g/mol. The Balaban J connectivity index is 3.07. The van der Waals surface area contributed by atoms with Crippen LogP contribution in [0.2, 0.25) is 0 Å². The summed E-state index contributed by atoms with van der Waals surface area (Å²) in [7, 11) is -4.19. The fraction of sp³-hybridized carbons (Fsp3) is 0. The Morgan fingerprint density at radius 2 is 2.27 bits per heavy atom. The number of carbonyl (C=O) groups is 1. The number of rotatable bonds is 1. The highest BCUT2D eigenvalue weighted by atomic mass is 32.2. The minimum absolute atomic E-state index is 0.312. The second-order valence-electron chi connectivity index (χ2n) is 1.69. The van der Waals surface area contributed by atoms with Crippen LogP contribution in [-0.2, 0) is 10.0 Å². The van der Waals surface area contributed by atoms with Crippen molar-refractivity contribution in [2.45, 2.75) is 0 Å². The first-order chi connectivity index (χ1) is 5.02. The predicted molar refractivity (Wildman–Crippen MR) is 33.8 cm³/mol. The number of primary sulfonamides is 1.